The zero-order valence-corrected chi connectivity index (χ0v) is 35.8. The molecular weight excluding hydrogens is 843 g/mol. The fourth-order valence-corrected chi connectivity index (χ4v) is 10.0. The second-order valence-electron chi connectivity index (χ2n) is 15.4. The Labute approximate surface area is 362 Å². The zero-order chi connectivity index (χ0) is 43.6. The van der Waals surface area contributed by atoms with E-state index in [4.69, 9.17) is 23.2 Å². The van der Waals surface area contributed by atoms with Gasteiger partial charge in [-0.15, -0.1) is 0 Å². The highest BCUT2D eigenvalue weighted by atomic mass is 35.5. The maximum atomic E-state index is 13.4. The molecule has 0 spiro atoms. The third kappa shape index (κ3) is 9.14. The van der Waals surface area contributed by atoms with Gasteiger partial charge in [0.15, 0.2) is 9.84 Å². The van der Waals surface area contributed by atoms with Crippen LogP contribution in [0.2, 0.25) is 10.0 Å². The molecule has 1 saturated heterocycles. The molecule has 6 amide bonds. The maximum Gasteiger partial charge on any atom is 0.262 e. The van der Waals surface area contributed by atoms with Crippen LogP contribution in [0, 0.1) is 13.8 Å². The number of unbranched alkanes of at least 4 members (excludes halogenated alkanes) is 5. The van der Waals surface area contributed by atoms with Crippen LogP contribution in [0.4, 0.5) is 11.4 Å². The number of sulfone groups is 1. The van der Waals surface area contributed by atoms with Crippen LogP contribution >= 0.6 is 23.2 Å². The number of hydrogen-bond donors (Lipinski definition) is 5. The van der Waals surface area contributed by atoms with Crippen LogP contribution in [0.5, 0.6) is 0 Å². The number of aromatic nitrogens is 1. The third-order valence-electron chi connectivity index (χ3n) is 11.2. The van der Waals surface area contributed by atoms with Crippen molar-refractivity contribution in [3.8, 4) is 0 Å². The second kappa shape index (κ2) is 18.1. The van der Waals surface area contributed by atoms with Crippen LogP contribution in [0.25, 0.3) is 11.6 Å². The summed E-state index contributed by atoms with van der Waals surface area (Å²) in [5, 5.41) is 11.8. The number of nitrogens with zero attached hydrogens (tertiary/aromatic N) is 1. The number of H-pyrrole nitrogens is 1. The van der Waals surface area contributed by atoms with Gasteiger partial charge in [-0.2, -0.15) is 0 Å². The number of anilines is 2. The summed E-state index contributed by atoms with van der Waals surface area (Å²) >= 11 is 12.5. The second-order valence-corrected chi connectivity index (χ2v) is 18.2. The Balaban J connectivity index is 0.852. The Hall–Kier alpha value is -5.77. The molecule has 4 aromatic rings. The van der Waals surface area contributed by atoms with Gasteiger partial charge in [0.1, 0.15) is 6.04 Å². The summed E-state index contributed by atoms with van der Waals surface area (Å²) in [6.07, 6.45) is 7.38. The fourth-order valence-electron chi connectivity index (χ4n) is 7.91. The first kappa shape index (κ1) is 43.3. The van der Waals surface area contributed by atoms with E-state index in [2.05, 4.69) is 26.3 Å². The average Bonchev–Trinajstić information content (AvgIpc) is 3.78. The number of carbonyl (C=O) groups excluding carboxylic acids is 6. The summed E-state index contributed by atoms with van der Waals surface area (Å²) in [5.74, 6) is -3.17. The molecule has 1 unspecified atom stereocenters. The molecule has 1 fully saturated rings. The number of imide groups is 2. The Morgan fingerprint density at radius 3 is 2.25 bits per heavy atom. The van der Waals surface area contributed by atoms with Crippen LogP contribution in [0.15, 0.2) is 59.5 Å². The van der Waals surface area contributed by atoms with E-state index in [-0.39, 0.29) is 50.4 Å². The molecule has 1 aromatic heterocycles. The minimum atomic E-state index is -3.89. The highest BCUT2D eigenvalue weighted by Crippen LogP contribution is 2.37. The van der Waals surface area contributed by atoms with Crippen molar-refractivity contribution in [1.82, 2.24) is 20.5 Å². The number of halogens is 2. The molecule has 1 atom stereocenters. The zero-order valence-electron chi connectivity index (χ0n) is 33.5. The van der Waals surface area contributed by atoms with E-state index < -0.39 is 51.2 Å². The number of aromatic amines is 1. The van der Waals surface area contributed by atoms with Crippen molar-refractivity contribution in [1.29, 1.82) is 0 Å². The Morgan fingerprint density at radius 1 is 0.836 bits per heavy atom. The third-order valence-corrected chi connectivity index (χ3v) is 13.5. The van der Waals surface area contributed by atoms with E-state index in [0.717, 1.165) is 43.4 Å². The van der Waals surface area contributed by atoms with Crippen molar-refractivity contribution < 1.29 is 37.2 Å². The van der Waals surface area contributed by atoms with Crippen molar-refractivity contribution in [2.24, 2.45) is 0 Å². The predicted octanol–water partition coefficient (Wildman–Crippen LogP) is 6.99. The largest absolute Gasteiger partial charge is 0.385 e. The summed E-state index contributed by atoms with van der Waals surface area (Å²) in [7, 11) is -3.89. The Bertz CT molecular complexity index is 2620. The molecule has 0 aliphatic carbocycles. The quantitative estimate of drug-likeness (QED) is 0.0447. The van der Waals surface area contributed by atoms with Gasteiger partial charge in [-0.1, -0.05) is 55.0 Å². The normalized spacial score (nSPS) is 16.8. The lowest BCUT2D eigenvalue weighted by molar-refractivity contribution is -0.136. The van der Waals surface area contributed by atoms with E-state index in [1.54, 1.807) is 62.4 Å². The first-order chi connectivity index (χ1) is 29.1. The fraction of sp³-hybridized carbons (Fsp3) is 0.318. The number of hydrogen-bond acceptors (Lipinski definition) is 9. The number of fused-ring (bicyclic) bond motifs is 2. The van der Waals surface area contributed by atoms with E-state index in [9.17, 15) is 37.2 Å². The molecular formula is C44H44Cl2N6O8S. The van der Waals surface area contributed by atoms with Crippen LogP contribution in [-0.4, -0.2) is 72.9 Å². The number of benzene rings is 3. The molecule has 0 bridgehead atoms. The molecule has 14 nitrogen and oxygen atoms in total. The molecule has 3 aliphatic rings. The van der Waals surface area contributed by atoms with Gasteiger partial charge in [0.2, 0.25) is 11.8 Å². The minimum Gasteiger partial charge on any atom is -0.385 e. The van der Waals surface area contributed by atoms with E-state index in [0.29, 0.717) is 58.1 Å². The van der Waals surface area contributed by atoms with Gasteiger partial charge in [-0.05, 0) is 93.3 Å². The summed E-state index contributed by atoms with van der Waals surface area (Å²) < 4.78 is 26.9. The lowest BCUT2D eigenvalue weighted by atomic mass is 10.0. The van der Waals surface area contributed by atoms with Gasteiger partial charge >= 0.3 is 0 Å². The molecule has 5 N–H and O–H groups in total. The highest BCUT2D eigenvalue weighted by Gasteiger charge is 2.44. The first-order valence-electron chi connectivity index (χ1n) is 20.0. The van der Waals surface area contributed by atoms with Crippen molar-refractivity contribution in [3.05, 3.63) is 109 Å². The van der Waals surface area contributed by atoms with E-state index >= 15 is 0 Å². The van der Waals surface area contributed by atoms with Crippen LogP contribution in [0.3, 0.4) is 0 Å². The van der Waals surface area contributed by atoms with Gasteiger partial charge in [0.05, 0.1) is 32.9 Å². The number of rotatable bonds is 16. The lowest BCUT2D eigenvalue weighted by Crippen LogP contribution is -2.54. The standard InChI is InChI=1S/C44H44Cl2N6O8S/c1-24-36(22-30-29-21-27(13-15-35(29)50-40(30)54)61(59,60)23-32-33(45)10-9-11-34(32)46)49-25(2)39(24)42(56)48-19-8-6-4-3-5-7-18-47-26-12-14-28-31(20-26)44(58)52(43(28)57)37-16-17-38(53)51-41(37)55/h9-15,20-22,37,47,49H,3-8,16-19,23H2,1-2H3,(H,48,56)(H,50,54)(H,51,53,55). The molecule has 61 heavy (non-hydrogen) atoms. The molecule has 0 radical (unpaired) electrons. The molecule has 3 aromatic carbocycles. The van der Waals surface area contributed by atoms with Crippen molar-refractivity contribution in [2.45, 2.75) is 81.9 Å². The van der Waals surface area contributed by atoms with Crippen molar-refractivity contribution >= 4 is 91.5 Å². The summed E-state index contributed by atoms with van der Waals surface area (Å²) in [6, 6.07) is 13.2. The van der Waals surface area contributed by atoms with Gasteiger partial charge in [-0.25, -0.2) is 8.42 Å². The average molecular weight is 888 g/mol. The van der Waals surface area contributed by atoms with Crippen LogP contribution in [-0.2, 0) is 30.0 Å². The van der Waals surface area contributed by atoms with Gasteiger partial charge in [0, 0.05) is 63.4 Å². The number of nitrogens with one attached hydrogen (secondary N) is 5. The van der Waals surface area contributed by atoms with Crippen LogP contribution in [0.1, 0.15) is 111 Å². The first-order valence-corrected chi connectivity index (χ1v) is 22.5. The number of aryl methyl sites for hydroxylation is 1. The molecule has 7 rings (SSSR count). The number of carbonyl (C=O) groups is 6. The summed E-state index contributed by atoms with van der Waals surface area (Å²) in [4.78, 5) is 80.4. The minimum absolute atomic E-state index is 0.0100. The van der Waals surface area contributed by atoms with Gasteiger partial charge < -0.3 is 20.9 Å². The number of piperidine rings is 1. The molecule has 3 aliphatic heterocycles. The van der Waals surface area contributed by atoms with Gasteiger partial charge in [-0.3, -0.25) is 39.0 Å². The monoisotopic (exact) mass is 886 g/mol. The predicted molar refractivity (Wildman–Crippen MR) is 232 cm³/mol. The molecule has 318 valence electrons. The van der Waals surface area contributed by atoms with Crippen molar-refractivity contribution in [2.75, 3.05) is 23.7 Å². The smallest absolute Gasteiger partial charge is 0.262 e. The number of amides is 6. The van der Waals surface area contributed by atoms with E-state index in [1.807, 2.05) is 0 Å². The Morgan fingerprint density at radius 2 is 1.52 bits per heavy atom. The van der Waals surface area contributed by atoms with Crippen molar-refractivity contribution in [3.63, 3.8) is 0 Å². The molecule has 4 heterocycles. The molecule has 0 saturated carbocycles. The SMILES string of the molecule is Cc1[nH]c(C=C2C(=O)Nc3ccc(S(=O)(=O)Cc4c(Cl)cccc4Cl)cc32)c(C)c1C(=O)NCCCCCCCCNc1ccc2c(c1)C(=O)N(C1CCC(=O)NC1=O)C2=O. The topological polar surface area (TPSA) is 204 Å². The van der Waals surface area contributed by atoms with Gasteiger partial charge in [0.25, 0.3) is 23.6 Å². The highest BCUT2D eigenvalue weighted by molar-refractivity contribution is 7.90. The summed E-state index contributed by atoms with van der Waals surface area (Å²) in [6.45, 7) is 4.74. The van der Waals surface area contributed by atoms with Crippen LogP contribution < -0.4 is 21.3 Å². The maximum absolute atomic E-state index is 13.4. The van der Waals surface area contributed by atoms with E-state index in [1.165, 1.54) is 12.1 Å². The molecule has 17 heteroatoms. The Kier molecular flexibility index (Phi) is 12.8. The lowest BCUT2D eigenvalue weighted by Gasteiger charge is -2.27. The summed E-state index contributed by atoms with van der Waals surface area (Å²) in [5.41, 5.74) is 4.95.